The van der Waals surface area contributed by atoms with Crippen LogP contribution < -0.4 is 5.73 Å². The van der Waals surface area contributed by atoms with Crippen molar-refractivity contribution < 1.29 is 0 Å². The number of piperidine rings is 2. The molecule has 1 aromatic rings. The van der Waals surface area contributed by atoms with Gasteiger partial charge in [0.05, 0.1) is 0 Å². The van der Waals surface area contributed by atoms with Gasteiger partial charge in [-0.2, -0.15) is 0 Å². The zero-order chi connectivity index (χ0) is 12.9. The van der Waals surface area contributed by atoms with E-state index >= 15 is 0 Å². The van der Waals surface area contributed by atoms with Crippen LogP contribution in [0.15, 0.2) is 30.3 Å². The van der Waals surface area contributed by atoms with Crippen LogP contribution in [-0.2, 0) is 6.42 Å². The molecule has 4 aliphatic rings. The van der Waals surface area contributed by atoms with Crippen LogP contribution >= 0.6 is 0 Å². The van der Waals surface area contributed by atoms with E-state index in [1.54, 1.807) is 0 Å². The van der Waals surface area contributed by atoms with E-state index in [1.807, 2.05) is 0 Å². The number of rotatable bonds is 2. The van der Waals surface area contributed by atoms with Gasteiger partial charge in [0.1, 0.15) is 0 Å². The fraction of sp³-hybridized carbons (Fsp3) is 0.625. The van der Waals surface area contributed by atoms with Crippen molar-refractivity contribution in [2.24, 2.45) is 17.1 Å². The zero-order valence-corrected chi connectivity index (χ0v) is 11.5. The summed E-state index contributed by atoms with van der Waals surface area (Å²) in [4.78, 5) is 5.31. The Morgan fingerprint density at radius 2 is 1.68 bits per heavy atom. The van der Waals surface area contributed by atoms with Crippen molar-refractivity contribution in [3.05, 3.63) is 35.9 Å². The maximum absolute atomic E-state index is 6.67. The predicted molar refractivity (Wildman–Crippen MR) is 76.9 cm³/mol. The molecule has 4 aliphatic heterocycles. The Morgan fingerprint density at radius 1 is 1.05 bits per heavy atom. The van der Waals surface area contributed by atoms with E-state index in [1.165, 1.54) is 44.8 Å². The van der Waals surface area contributed by atoms with Gasteiger partial charge in [0.2, 0.25) is 0 Å². The van der Waals surface area contributed by atoms with Crippen molar-refractivity contribution in [3.8, 4) is 0 Å². The van der Waals surface area contributed by atoms with Gasteiger partial charge in [-0.15, -0.1) is 0 Å². The van der Waals surface area contributed by atoms with Gasteiger partial charge in [0, 0.05) is 56.6 Å². The highest BCUT2D eigenvalue weighted by molar-refractivity contribution is 5.20. The van der Waals surface area contributed by atoms with E-state index in [4.69, 9.17) is 5.73 Å². The fourth-order valence-corrected chi connectivity index (χ4v) is 4.58. The molecular weight excluding hydrogens is 234 g/mol. The van der Waals surface area contributed by atoms with Crippen LogP contribution in [-0.4, -0.2) is 55.1 Å². The summed E-state index contributed by atoms with van der Waals surface area (Å²) in [6.07, 6.45) is 1.14. The van der Waals surface area contributed by atoms with Gasteiger partial charge >= 0.3 is 0 Å². The molecule has 5 rings (SSSR count). The molecule has 0 amide bonds. The number of fused-ring (bicyclic) bond motifs is 1. The Bertz CT molecular complexity index is 442. The first kappa shape index (κ1) is 11.9. The Kier molecular flexibility index (Phi) is 2.69. The summed E-state index contributed by atoms with van der Waals surface area (Å²) in [6.45, 7) is 7.29. The average Bonchev–Trinajstić information content (AvgIpc) is 2.65. The second kappa shape index (κ2) is 4.30. The molecule has 19 heavy (non-hydrogen) atoms. The molecule has 102 valence electrons. The molecule has 3 atom stereocenters. The normalized spacial score (nSPS) is 44.3. The van der Waals surface area contributed by atoms with Crippen molar-refractivity contribution in [1.29, 1.82) is 0 Å². The summed E-state index contributed by atoms with van der Waals surface area (Å²) in [5.74, 6) is 0.675. The highest BCUT2D eigenvalue weighted by atomic mass is 15.3. The molecule has 3 nitrogen and oxygen atoms in total. The number of nitrogens with two attached hydrogens (primary N) is 1. The molecule has 0 aromatic heterocycles. The second-order valence-electron chi connectivity index (χ2n) is 6.78. The van der Waals surface area contributed by atoms with Crippen LogP contribution in [0, 0.1) is 11.3 Å². The molecule has 2 N–H and O–H groups in total. The van der Waals surface area contributed by atoms with Crippen LogP contribution in [0.1, 0.15) is 5.56 Å². The van der Waals surface area contributed by atoms with Gasteiger partial charge in [-0.25, -0.2) is 0 Å². The third-order valence-corrected chi connectivity index (χ3v) is 5.41. The molecule has 0 radical (unpaired) electrons. The van der Waals surface area contributed by atoms with Crippen molar-refractivity contribution in [2.75, 3.05) is 39.3 Å². The average molecular weight is 257 g/mol. The van der Waals surface area contributed by atoms with Gasteiger partial charge < -0.3 is 15.5 Å². The monoisotopic (exact) mass is 257 g/mol. The summed E-state index contributed by atoms with van der Waals surface area (Å²) in [5, 5.41) is 0. The first-order valence-corrected chi connectivity index (χ1v) is 7.49. The number of benzene rings is 1. The summed E-state index contributed by atoms with van der Waals surface area (Å²) >= 11 is 0. The number of hydrogen-bond acceptors (Lipinski definition) is 3. The lowest BCUT2D eigenvalue weighted by Gasteiger charge is -2.54. The Hall–Kier alpha value is -0.900. The maximum Gasteiger partial charge on any atom is 0.0176 e. The first-order valence-electron chi connectivity index (χ1n) is 7.49. The molecule has 4 heterocycles. The zero-order valence-electron chi connectivity index (χ0n) is 11.5. The molecule has 1 aromatic carbocycles. The second-order valence-corrected chi connectivity index (χ2v) is 6.78. The number of hydrogen-bond donors (Lipinski definition) is 1. The van der Waals surface area contributed by atoms with Crippen molar-refractivity contribution >= 4 is 0 Å². The molecule has 0 spiro atoms. The molecule has 0 aliphatic carbocycles. The molecule has 2 unspecified atom stereocenters. The first-order chi connectivity index (χ1) is 9.25. The van der Waals surface area contributed by atoms with Gasteiger partial charge in [0.25, 0.3) is 0 Å². The van der Waals surface area contributed by atoms with E-state index in [9.17, 15) is 0 Å². The third kappa shape index (κ3) is 1.92. The van der Waals surface area contributed by atoms with Crippen LogP contribution in [0.3, 0.4) is 0 Å². The minimum Gasteiger partial charge on any atom is -0.327 e. The minimum atomic E-state index is 0.277. The predicted octanol–water partition coefficient (Wildman–Crippen LogP) is 0.804. The van der Waals surface area contributed by atoms with Crippen LogP contribution in [0.5, 0.6) is 0 Å². The van der Waals surface area contributed by atoms with Gasteiger partial charge in [-0.05, 0) is 12.0 Å². The SMILES string of the molecule is N[C@H]1C2CN3CCN(C2)CC1(Cc1ccccc1)C3. The molecule has 4 saturated heterocycles. The highest BCUT2D eigenvalue weighted by Crippen LogP contribution is 2.41. The van der Waals surface area contributed by atoms with Crippen molar-refractivity contribution in [2.45, 2.75) is 12.5 Å². The highest BCUT2D eigenvalue weighted by Gasteiger charge is 2.52. The van der Waals surface area contributed by atoms with E-state index in [0.29, 0.717) is 12.0 Å². The summed E-state index contributed by atoms with van der Waals surface area (Å²) in [5.41, 5.74) is 8.39. The smallest absolute Gasteiger partial charge is 0.0176 e. The Morgan fingerprint density at radius 3 is 2.32 bits per heavy atom. The largest absolute Gasteiger partial charge is 0.327 e. The van der Waals surface area contributed by atoms with Crippen LogP contribution in [0.2, 0.25) is 0 Å². The quantitative estimate of drug-likeness (QED) is 0.851. The Labute approximate surface area is 115 Å². The molecule has 4 bridgehead atoms. The van der Waals surface area contributed by atoms with Crippen molar-refractivity contribution in [1.82, 2.24) is 9.80 Å². The fourth-order valence-electron chi connectivity index (χ4n) is 4.58. The van der Waals surface area contributed by atoms with Crippen LogP contribution in [0.25, 0.3) is 0 Å². The summed E-state index contributed by atoms with van der Waals surface area (Å²) in [6, 6.07) is 11.3. The van der Waals surface area contributed by atoms with E-state index in [2.05, 4.69) is 40.1 Å². The van der Waals surface area contributed by atoms with E-state index in [-0.39, 0.29) is 5.41 Å². The van der Waals surface area contributed by atoms with Gasteiger partial charge in [-0.3, -0.25) is 0 Å². The lowest BCUT2D eigenvalue weighted by atomic mass is 9.65. The standard InChI is InChI=1S/C16H23N3/c17-15-14-9-18-6-7-19(10-14)12-16(15,11-18)8-13-4-2-1-3-5-13/h1-5,14-15H,6-12,17H2/t14?,15-,16?/m0/s1. The molecule has 3 heteroatoms. The van der Waals surface area contributed by atoms with E-state index < -0.39 is 0 Å². The van der Waals surface area contributed by atoms with Crippen LogP contribution in [0.4, 0.5) is 0 Å². The summed E-state index contributed by atoms with van der Waals surface area (Å²) < 4.78 is 0. The van der Waals surface area contributed by atoms with Gasteiger partial charge in [0.15, 0.2) is 0 Å². The van der Waals surface area contributed by atoms with Crippen molar-refractivity contribution in [3.63, 3.8) is 0 Å². The lowest BCUT2D eigenvalue weighted by molar-refractivity contribution is -0.0162. The Balaban J connectivity index is 1.68. The summed E-state index contributed by atoms with van der Waals surface area (Å²) in [7, 11) is 0. The topological polar surface area (TPSA) is 32.5 Å². The molecular formula is C16H23N3. The molecule has 4 fully saturated rings. The minimum absolute atomic E-state index is 0.277. The third-order valence-electron chi connectivity index (χ3n) is 5.41. The van der Waals surface area contributed by atoms with Gasteiger partial charge in [-0.1, -0.05) is 30.3 Å². The lowest BCUT2D eigenvalue weighted by Crippen LogP contribution is -2.67. The van der Waals surface area contributed by atoms with E-state index in [0.717, 1.165) is 6.42 Å². The number of nitrogens with zero attached hydrogens (tertiary/aromatic N) is 2. The maximum atomic E-state index is 6.67. The molecule has 0 saturated carbocycles.